The minimum atomic E-state index is -0.214. The molecular weight excluding hydrogens is 214 g/mol. The van der Waals surface area contributed by atoms with E-state index in [2.05, 4.69) is 11.9 Å². The Labute approximate surface area is 106 Å². The molecule has 0 aromatic heterocycles. The first-order valence-electron chi connectivity index (χ1n) is 6.47. The van der Waals surface area contributed by atoms with Gasteiger partial charge < -0.3 is 15.7 Å². The van der Waals surface area contributed by atoms with Crippen molar-refractivity contribution in [2.45, 2.75) is 52.6 Å². The first-order valence-corrected chi connectivity index (χ1v) is 6.47. The highest BCUT2D eigenvalue weighted by Crippen LogP contribution is 2.22. The van der Waals surface area contributed by atoms with Crippen molar-refractivity contribution in [3.05, 3.63) is 0 Å². The number of hydrogen-bond donors (Lipinski definition) is 3. The molecule has 0 rings (SSSR count). The van der Waals surface area contributed by atoms with Crippen LogP contribution in [-0.4, -0.2) is 42.1 Å². The first-order chi connectivity index (χ1) is 7.75. The third-order valence-corrected chi connectivity index (χ3v) is 3.25. The molecule has 0 amide bonds. The van der Waals surface area contributed by atoms with Gasteiger partial charge in [-0.15, -0.1) is 0 Å². The minimum absolute atomic E-state index is 0.168. The number of unbranched alkanes of at least 4 members (excludes halogenated alkanes) is 1. The smallest absolute Gasteiger partial charge is 0.0963 e. The highest BCUT2D eigenvalue weighted by atomic mass is 16.3. The van der Waals surface area contributed by atoms with Gasteiger partial charge in [-0.3, -0.25) is 5.41 Å². The summed E-state index contributed by atoms with van der Waals surface area (Å²) >= 11 is 0. The Morgan fingerprint density at radius 3 is 2.41 bits per heavy atom. The molecule has 17 heavy (non-hydrogen) atoms. The second-order valence-electron chi connectivity index (χ2n) is 5.70. The second-order valence-corrected chi connectivity index (χ2v) is 5.70. The van der Waals surface area contributed by atoms with E-state index < -0.39 is 0 Å². The number of nitrogens with zero attached hydrogens (tertiary/aromatic N) is 1. The van der Waals surface area contributed by atoms with Gasteiger partial charge in [0.15, 0.2) is 0 Å². The fourth-order valence-electron chi connectivity index (χ4n) is 1.60. The van der Waals surface area contributed by atoms with Crippen molar-refractivity contribution in [3.63, 3.8) is 0 Å². The SMILES string of the molecule is CC(O)CCN(C)CCCCC(C)(C)C(=N)N. The Bertz CT molecular complexity index is 227. The molecule has 0 bridgehead atoms. The van der Waals surface area contributed by atoms with E-state index in [-0.39, 0.29) is 17.4 Å². The number of aliphatic hydroxyl groups is 1. The Balaban J connectivity index is 3.61. The molecule has 0 aliphatic rings. The van der Waals surface area contributed by atoms with E-state index in [1.807, 2.05) is 20.8 Å². The Hall–Kier alpha value is -0.610. The zero-order chi connectivity index (χ0) is 13.5. The largest absolute Gasteiger partial charge is 0.393 e. The third kappa shape index (κ3) is 8.16. The van der Waals surface area contributed by atoms with Gasteiger partial charge in [-0.2, -0.15) is 0 Å². The quantitative estimate of drug-likeness (QED) is 0.328. The molecule has 0 spiro atoms. The number of rotatable bonds is 9. The molecule has 4 heteroatoms. The summed E-state index contributed by atoms with van der Waals surface area (Å²) in [6.07, 6.45) is 3.79. The second kappa shape index (κ2) is 7.67. The summed E-state index contributed by atoms with van der Waals surface area (Å²) in [5.74, 6) is 0.278. The molecule has 0 aliphatic heterocycles. The van der Waals surface area contributed by atoms with Crippen LogP contribution in [0, 0.1) is 10.8 Å². The first kappa shape index (κ1) is 16.4. The average molecular weight is 243 g/mol. The van der Waals surface area contributed by atoms with Crippen LogP contribution in [0.2, 0.25) is 0 Å². The van der Waals surface area contributed by atoms with E-state index in [0.29, 0.717) is 0 Å². The zero-order valence-corrected chi connectivity index (χ0v) is 11.8. The van der Waals surface area contributed by atoms with E-state index in [1.165, 1.54) is 0 Å². The van der Waals surface area contributed by atoms with Crippen LogP contribution in [0.4, 0.5) is 0 Å². The fraction of sp³-hybridized carbons (Fsp3) is 0.923. The van der Waals surface area contributed by atoms with Crippen molar-refractivity contribution in [1.82, 2.24) is 4.90 Å². The van der Waals surface area contributed by atoms with Gasteiger partial charge in [0.2, 0.25) is 0 Å². The van der Waals surface area contributed by atoms with Gasteiger partial charge in [-0.1, -0.05) is 20.3 Å². The number of hydrogen-bond acceptors (Lipinski definition) is 3. The van der Waals surface area contributed by atoms with Crippen molar-refractivity contribution in [1.29, 1.82) is 5.41 Å². The number of nitrogens with one attached hydrogen (secondary N) is 1. The van der Waals surface area contributed by atoms with Crippen LogP contribution in [-0.2, 0) is 0 Å². The fourth-order valence-corrected chi connectivity index (χ4v) is 1.60. The molecule has 0 radical (unpaired) electrons. The highest BCUT2D eigenvalue weighted by molar-refractivity contribution is 5.82. The summed E-state index contributed by atoms with van der Waals surface area (Å²) in [6.45, 7) is 7.84. The molecule has 4 nitrogen and oxygen atoms in total. The van der Waals surface area contributed by atoms with Crippen LogP contribution in [0.3, 0.4) is 0 Å². The topological polar surface area (TPSA) is 73.3 Å². The van der Waals surface area contributed by atoms with Crippen LogP contribution in [0.5, 0.6) is 0 Å². The zero-order valence-electron chi connectivity index (χ0n) is 11.8. The minimum Gasteiger partial charge on any atom is -0.393 e. The lowest BCUT2D eigenvalue weighted by Gasteiger charge is -2.23. The summed E-state index contributed by atoms with van der Waals surface area (Å²) < 4.78 is 0. The average Bonchev–Trinajstić information content (AvgIpc) is 2.21. The van der Waals surface area contributed by atoms with E-state index >= 15 is 0 Å². The Morgan fingerprint density at radius 2 is 1.94 bits per heavy atom. The van der Waals surface area contributed by atoms with Crippen LogP contribution in [0.15, 0.2) is 0 Å². The lowest BCUT2D eigenvalue weighted by atomic mass is 9.86. The molecule has 102 valence electrons. The van der Waals surface area contributed by atoms with Crippen LogP contribution in [0.1, 0.15) is 46.5 Å². The van der Waals surface area contributed by atoms with Gasteiger partial charge in [0.25, 0.3) is 0 Å². The lowest BCUT2D eigenvalue weighted by molar-refractivity contribution is 0.163. The number of aliphatic hydroxyl groups excluding tert-OH is 1. The van der Waals surface area contributed by atoms with Gasteiger partial charge in [0, 0.05) is 12.0 Å². The molecular formula is C13H29N3O. The van der Waals surface area contributed by atoms with Crippen LogP contribution >= 0.6 is 0 Å². The molecule has 0 heterocycles. The molecule has 0 aliphatic carbocycles. The van der Waals surface area contributed by atoms with Crippen molar-refractivity contribution in [2.75, 3.05) is 20.1 Å². The van der Waals surface area contributed by atoms with E-state index in [1.54, 1.807) is 0 Å². The predicted molar refractivity (Wildman–Crippen MR) is 73.3 cm³/mol. The number of nitrogens with two attached hydrogens (primary N) is 1. The van der Waals surface area contributed by atoms with Gasteiger partial charge in [0.05, 0.1) is 11.9 Å². The Morgan fingerprint density at radius 1 is 1.35 bits per heavy atom. The molecule has 0 aromatic rings. The van der Waals surface area contributed by atoms with Gasteiger partial charge >= 0.3 is 0 Å². The summed E-state index contributed by atoms with van der Waals surface area (Å²) in [5.41, 5.74) is 5.37. The molecule has 0 fully saturated rings. The summed E-state index contributed by atoms with van der Waals surface area (Å²) in [7, 11) is 2.08. The summed E-state index contributed by atoms with van der Waals surface area (Å²) in [6, 6.07) is 0. The monoisotopic (exact) mass is 243 g/mol. The number of amidine groups is 1. The maximum Gasteiger partial charge on any atom is 0.0963 e. The van der Waals surface area contributed by atoms with Crippen molar-refractivity contribution >= 4 is 5.84 Å². The maximum absolute atomic E-state index is 9.18. The molecule has 1 unspecified atom stereocenters. The third-order valence-electron chi connectivity index (χ3n) is 3.25. The molecule has 4 N–H and O–H groups in total. The van der Waals surface area contributed by atoms with Gasteiger partial charge in [-0.05, 0) is 39.8 Å². The van der Waals surface area contributed by atoms with Gasteiger partial charge in [-0.25, -0.2) is 0 Å². The maximum atomic E-state index is 9.18. The summed E-state index contributed by atoms with van der Waals surface area (Å²) in [5, 5.41) is 16.6. The Kier molecular flexibility index (Phi) is 7.39. The summed E-state index contributed by atoms with van der Waals surface area (Å²) in [4.78, 5) is 2.24. The highest BCUT2D eigenvalue weighted by Gasteiger charge is 2.20. The molecule has 0 saturated carbocycles. The predicted octanol–water partition coefficient (Wildman–Crippen LogP) is 1.82. The van der Waals surface area contributed by atoms with Crippen LogP contribution < -0.4 is 5.73 Å². The van der Waals surface area contributed by atoms with E-state index in [4.69, 9.17) is 11.1 Å². The molecule has 1 atom stereocenters. The molecule has 0 saturated heterocycles. The molecule has 0 aromatic carbocycles. The van der Waals surface area contributed by atoms with Crippen LogP contribution in [0.25, 0.3) is 0 Å². The standard InChI is InChI=1S/C13H29N3O/c1-11(17)7-10-16(4)9-6-5-8-13(2,3)12(14)15/h11,17H,5-10H2,1-4H3,(H3,14,15). The van der Waals surface area contributed by atoms with Crippen molar-refractivity contribution in [2.24, 2.45) is 11.1 Å². The lowest BCUT2D eigenvalue weighted by Crippen LogP contribution is -2.31. The normalized spacial score (nSPS) is 14.0. The van der Waals surface area contributed by atoms with E-state index in [9.17, 15) is 5.11 Å². The van der Waals surface area contributed by atoms with E-state index in [0.717, 1.165) is 38.8 Å². The van der Waals surface area contributed by atoms with Crippen molar-refractivity contribution < 1.29 is 5.11 Å². The van der Waals surface area contributed by atoms with Gasteiger partial charge in [0.1, 0.15) is 0 Å². The van der Waals surface area contributed by atoms with Crippen molar-refractivity contribution in [3.8, 4) is 0 Å².